The Hall–Kier alpha value is -3.29. The van der Waals surface area contributed by atoms with Crippen LogP contribution in [0.4, 0.5) is 13.6 Å². The van der Waals surface area contributed by atoms with E-state index >= 15 is 0 Å². The summed E-state index contributed by atoms with van der Waals surface area (Å²) in [4.78, 5) is 18.8. The number of hydrogen-bond donors (Lipinski definition) is 1. The SMILES string of the molecule is CC(C)(C)[C@@H](c1nc(-c2cc(F)ccc2F)nn1Cc1ccccc1)C1CCCCN1C(N)=O. The molecule has 2 amide bonds. The lowest BCUT2D eigenvalue weighted by molar-refractivity contribution is 0.104. The van der Waals surface area contributed by atoms with Crippen LogP contribution in [-0.4, -0.2) is 38.3 Å². The summed E-state index contributed by atoms with van der Waals surface area (Å²) in [6.45, 7) is 7.28. The summed E-state index contributed by atoms with van der Waals surface area (Å²) in [5.41, 5.74) is 6.47. The van der Waals surface area contributed by atoms with Crippen molar-refractivity contribution in [2.45, 2.75) is 58.5 Å². The maximum Gasteiger partial charge on any atom is 0.315 e. The molecule has 0 spiro atoms. The van der Waals surface area contributed by atoms with E-state index < -0.39 is 17.7 Å². The van der Waals surface area contributed by atoms with E-state index in [4.69, 9.17) is 10.7 Å². The Labute approximate surface area is 198 Å². The maximum atomic E-state index is 14.7. The molecule has 0 bridgehead atoms. The van der Waals surface area contributed by atoms with Crippen LogP contribution in [0.3, 0.4) is 0 Å². The molecule has 8 heteroatoms. The fourth-order valence-electron chi connectivity index (χ4n) is 4.95. The highest BCUT2D eigenvalue weighted by Gasteiger charge is 2.42. The molecule has 0 saturated carbocycles. The number of hydrogen-bond acceptors (Lipinski definition) is 3. The second kappa shape index (κ2) is 9.52. The van der Waals surface area contributed by atoms with Crippen molar-refractivity contribution in [3.63, 3.8) is 0 Å². The molecule has 1 saturated heterocycles. The molecular weight excluding hydrogens is 436 g/mol. The van der Waals surface area contributed by atoms with Crippen molar-refractivity contribution in [1.29, 1.82) is 0 Å². The maximum absolute atomic E-state index is 14.7. The minimum Gasteiger partial charge on any atom is -0.351 e. The molecule has 2 aromatic carbocycles. The summed E-state index contributed by atoms with van der Waals surface area (Å²) >= 11 is 0. The van der Waals surface area contributed by atoms with Gasteiger partial charge in [-0.15, -0.1) is 0 Å². The molecule has 4 rings (SSSR count). The summed E-state index contributed by atoms with van der Waals surface area (Å²) in [6.07, 6.45) is 2.65. The van der Waals surface area contributed by atoms with E-state index in [9.17, 15) is 13.6 Å². The molecule has 180 valence electrons. The van der Waals surface area contributed by atoms with Crippen LogP contribution in [0.1, 0.15) is 57.3 Å². The zero-order chi connectivity index (χ0) is 24.5. The number of piperidine rings is 1. The number of likely N-dealkylation sites (tertiary alicyclic amines) is 1. The normalized spacial score (nSPS) is 17.6. The Kier molecular flexibility index (Phi) is 6.68. The van der Waals surface area contributed by atoms with E-state index in [1.165, 1.54) is 0 Å². The minimum atomic E-state index is -0.589. The van der Waals surface area contributed by atoms with Gasteiger partial charge in [0.2, 0.25) is 0 Å². The van der Waals surface area contributed by atoms with Crippen LogP contribution in [0.15, 0.2) is 48.5 Å². The largest absolute Gasteiger partial charge is 0.351 e. The number of rotatable bonds is 5. The molecule has 34 heavy (non-hydrogen) atoms. The number of primary amides is 1. The molecule has 1 aromatic heterocycles. The van der Waals surface area contributed by atoms with Crippen LogP contribution < -0.4 is 5.73 Å². The number of halogens is 2. The molecule has 0 radical (unpaired) electrons. The van der Waals surface area contributed by atoms with Crippen LogP contribution in [0.2, 0.25) is 0 Å². The molecule has 1 fully saturated rings. The number of amides is 2. The molecule has 6 nitrogen and oxygen atoms in total. The number of nitrogens with zero attached hydrogens (tertiary/aromatic N) is 4. The number of urea groups is 1. The first-order valence-corrected chi connectivity index (χ1v) is 11.7. The monoisotopic (exact) mass is 467 g/mol. The van der Waals surface area contributed by atoms with E-state index in [-0.39, 0.29) is 28.8 Å². The lowest BCUT2D eigenvalue weighted by atomic mass is 9.72. The Balaban J connectivity index is 1.87. The van der Waals surface area contributed by atoms with Gasteiger partial charge in [0.15, 0.2) is 5.82 Å². The van der Waals surface area contributed by atoms with Gasteiger partial charge in [-0.25, -0.2) is 23.2 Å². The van der Waals surface area contributed by atoms with E-state index in [2.05, 4.69) is 25.9 Å². The van der Waals surface area contributed by atoms with Gasteiger partial charge in [-0.05, 0) is 48.4 Å². The fraction of sp³-hybridized carbons (Fsp3) is 0.423. The molecular formula is C26H31F2N5O. The summed E-state index contributed by atoms with van der Waals surface area (Å²) in [6, 6.07) is 12.4. The molecule has 2 atom stereocenters. The van der Waals surface area contributed by atoms with E-state index in [0.717, 1.165) is 43.0 Å². The molecule has 3 aromatic rings. The lowest BCUT2D eigenvalue weighted by Crippen LogP contribution is -2.52. The summed E-state index contributed by atoms with van der Waals surface area (Å²) < 4.78 is 30.4. The van der Waals surface area contributed by atoms with E-state index in [1.807, 2.05) is 30.3 Å². The Morgan fingerprint density at radius 3 is 2.56 bits per heavy atom. The van der Waals surface area contributed by atoms with Crippen molar-refractivity contribution < 1.29 is 13.6 Å². The average molecular weight is 468 g/mol. The van der Waals surface area contributed by atoms with Crippen LogP contribution in [-0.2, 0) is 6.54 Å². The Bertz CT molecular complexity index is 1160. The van der Waals surface area contributed by atoms with Crippen molar-refractivity contribution in [2.24, 2.45) is 11.1 Å². The van der Waals surface area contributed by atoms with Crippen molar-refractivity contribution in [2.75, 3.05) is 6.54 Å². The molecule has 0 aliphatic carbocycles. The zero-order valence-electron chi connectivity index (χ0n) is 19.8. The molecule has 1 unspecified atom stereocenters. The fourth-order valence-corrected chi connectivity index (χ4v) is 4.95. The zero-order valence-corrected chi connectivity index (χ0v) is 19.8. The van der Waals surface area contributed by atoms with Crippen LogP contribution in [0, 0.1) is 17.0 Å². The van der Waals surface area contributed by atoms with Gasteiger partial charge < -0.3 is 10.6 Å². The number of carbonyl (C=O) groups excluding carboxylic acids is 1. The lowest BCUT2D eigenvalue weighted by Gasteiger charge is -2.44. The highest BCUT2D eigenvalue weighted by Crippen LogP contribution is 2.43. The standard InChI is InChI=1S/C26H31F2N5O/c1-26(2,3)22(21-11-7-8-14-32(21)25(29)34)24-30-23(19-15-18(27)12-13-20(19)28)31-33(24)16-17-9-5-4-6-10-17/h4-6,9-10,12-13,15,21-22H,7-8,11,14,16H2,1-3H3,(H2,29,34)/t21?,22-/m1/s1. The first-order valence-electron chi connectivity index (χ1n) is 11.7. The number of benzene rings is 2. The van der Waals surface area contributed by atoms with Crippen LogP contribution in [0.5, 0.6) is 0 Å². The van der Waals surface area contributed by atoms with Crippen LogP contribution >= 0.6 is 0 Å². The summed E-state index contributed by atoms with van der Waals surface area (Å²) in [5, 5.41) is 4.64. The van der Waals surface area contributed by atoms with E-state index in [1.54, 1.807) is 9.58 Å². The minimum absolute atomic E-state index is 0.0103. The summed E-state index contributed by atoms with van der Waals surface area (Å²) in [7, 11) is 0. The van der Waals surface area contributed by atoms with E-state index in [0.29, 0.717) is 18.9 Å². The van der Waals surface area contributed by atoms with Gasteiger partial charge in [0, 0.05) is 18.5 Å². The number of aromatic nitrogens is 3. The molecule has 2 heterocycles. The topological polar surface area (TPSA) is 77.0 Å². The predicted octanol–water partition coefficient (Wildman–Crippen LogP) is 5.33. The molecule has 1 aliphatic rings. The molecule has 2 N–H and O–H groups in total. The first kappa shape index (κ1) is 23.9. The second-order valence-corrected chi connectivity index (χ2v) is 10.00. The third-order valence-corrected chi connectivity index (χ3v) is 6.47. The van der Waals surface area contributed by atoms with Crippen molar-refractivity contribution in [1.82, 2.24) is 19.7 Å². The van der Waals surface area contributed by atoms with Gasteiger partial charge in [-0.1, -0.05) is 51.1 Å². The van der Waals surface area contributed by atoms with Crippen LogP contribution in [0.25, 0.3) is 11.4 Å². The predicted molar refractivity (Wildman–Crippen MR) is 127 cm³/mol. The smallest absolute Gasteiger partial charge is 0.315 e. The molecule has 1 aliphatic heterocycles. The van der Waals surface area contributed by atoms with Gasteiger partial charge in [0.25, 0.3) is 0 Å². The third-order valence-electron chi connectivity index (χ3n) is 6.47. The summed E-state index contributed by atoms with van der Waals surface area (Å²) in [5.74, 6) is -0.612. The van der Waals surface area contributed by atoms with Crippen molar-refractivity contribution >= 4 is 6.03 Å². The van der Waals surface area contributed by atoms with Gasteiger partial charge in [-0.3, -0.25) is 0 Å². The second-order valence-electron chi connectivity index (χ2n) is 10.00. The number of carbonyl (C=O) groups is 1. The Morgan fingerprint density at radius 1 is 1.15 bits per heavy atom. The highest BCUT2D eigenvalue weighted by molar-refractivity contribution is 5.72. The van der Waals surface area contributed by atoms with Gasteiger partial charge in [-0.2, -0.15) is 5.10 Å². The van der Waals surface area contributed by atoms with Gasteiger partial charge >= 0.3 is 6.03 Å². The Morgan fingerprint density at radius 2 is 1.88 bits per heavy atom. The van der Waals surface area contributed by atoms with Crippen molar-refractivity contribution in [3.8, 4) is 11.4 Å². The average Bonchev–Trinajstić information content (AvgIpc) is 3.18. The van der Waals surface area contributed by atoms with Crippen molar-refractivity contribution in [3.05, 3.63) is 71.6 Å². The number of nitrogens with two attached hydrogens (primary N) is 1. The third kappa shape index (κ3) is 4.95. The highest BCUT2D eigenvalue weighted by atomic mass is 19.1. The quantitative estimate of drug-likeness (QED) is 0.551. The first-order chi connectivity index (χ1) is 16.1. The van der Waals surface area contributed by atoms with Gasteiger partial charge in [0.05, 0.1) is 12.1 Å². The van der Waals surface area contributed by atoms with Gasteiger partial charge in [0.1, 0.15) is 17.5 Å².